The largest absolute Gasteiger partial charge is 0.325 e. The van der Waals surface area contributed by atoms with Crippen molar-refractivity contribution in [2.24, 2.45) is 5.73 Å². The van der Waals surface area contributed by atoms with Crippen molar-refractivity contribution in [2.75, 3.05) is 20.1 Å². The molecule has 0 spiro atoms. The topological polar surface area (TPSA) is 41.3 Å². The van der Waals surface area contributed by atoms with Gasteiger partial charge < -0.3 is 16.0 Å². The van der Waals surface area contributed by atoms with Crippen molar-refractivity contribution in [3.8, 4) is 0 Å². The Morgan fingerprint density at radius 2 is 2.09 bits per heavy atom. The molecule has 0 unspecified atom stereocenters. The molecule has 0 amide bonds. The predicted molar refractivity (Wildman–Crippen MR) is 47.5 cm³/mol. The molecule has 0 aromatic heterocycles. The Kier molecular flexibility index (Phi) is 2.87. The van der Waals surface area contributed by atoms with Crippen LogP contribution >= 0.6 is 0 Å². The van der Waals surface area contributed by atoms with Crippen LogP contribution in [0.4, 0.5) is 0 Å². The lowest BCUT2D eigenvalue weighted by atomic mass is 10.1. The first kappa shape index (κ1) is 8.97. The van der Waals surface area contributed by atoms with E-state index in [1.165, 1.54) is 0 Å². The number of nitrogens with one attached hydrogen (secondary N) is 1. The van der Waals surface area contributed by atoms with Crippen LogP contribution in [-0.4, -0.2) is 43.2 Å². The predicted octanol–water partition coefficient (Wildman–Crippen LogP) is -0.374. The Bertz CT molecular complexity index is 125. The third-order valence-corrected chi connectivity index (χ3v) is 2.10. The molecule has 3 heteroatoms. The maximum Gasteiger partial charge on any atom is 0.0361 e. The van der Waals surface area contributed by atoms with E-state index in [2.05, 4.69) is 31.1 Å². The van der Waals surface area contributed by atoms with Gasteiger partial charge in [-0.3, -0.25) is 0 Å². The summed E-state index contributed by atoms with van der Waals surface area (Å²) in [5.41, 5.74) is 5.91. The van der Waals surface area contributed by atoms with E-state index in [1.807, 2.05) is 0 Å². The second-order valence-electron chi connectivity index (χ2n) is 3.81. The zero-order chi connectivity index (χ0) is 8.43. The fourth-order valence-corrected chi connectivity index (χ4v) is 1.64. The summed E-state index contributed by atoms with van der Waals surface area (Å²) in [6.07, 6.45) is 0. The van der Waals surface area contributed by atoms with E-state index >= 15 is 0 Å². The van der Waals surface area contributed by atoms with Gasteiger partial charge in [0.1, 0.15) is 0 Å². The van der Waals surface area contributed by atoms with E-state index in [-0.39, 0.29) is 0 Å². The zero-order valence-electron chi connectivity index (χ0n) is 7.67. The third-order valence-electron chi connectivity index (χ3n) is 2.10. The van der Waals surface area contributed by atoms with Crippen LogP contribution in [0.1, 0.15) is 13.8 Å². The first-order chi connectivity index (χ1) is 5.09. The summed E-state index contributed by atoms with van der Waals surface area (Å²) >= 11 is 0. The molecule has 11 heavy (non-hydrogen) atoms. The maximum atomic E-state index is 5.91. The standard InChI is InChI=1S/C8H19N3/c1-6(2)10-8-5-11(3)4-7(8)9/h6-8,10H,4-5,9H2,1-3H3/t7-,8-/m0/s1. The molecular formula is C8H19N3. The molecule has 1 aliphatic heterocycles. The van der Waals surface area contributed by atoms with Crippen LogP contribution < -0.4 is 11.1 Å². The average Bonchev–Trinajstić information content (AvgIpc) is 2.09. The molecule has 3 N–H and O–H groups in total. The summed E-state index contributed by atoms with van der Waals surface area (Å²) in [6, 6.07) is 1.33. The van der Waals surface area contributed by atoms with Gasteiger partial charge in [-0.1, -0.05) is 13.8 Å². The number of rotatable bonds is 2. The van der Waals surface area contributed by atoms with Crippen LogP contribution in [0.3, 0.4) is 0 Å². The molecule has 1 aliphatic rings. The summed E-state index contributed by atoms with van der Waals surface area (Å²) in [4.78, 5) is 2.27. The molecule has 1 rings (SSSR count). The minimum atomic E-state index is 0.308. The van der Waals surface area contributed by atoms with Crippen LogP contribution in [0.15, 0.2) is 0 Å². The normalized spacial score (nSPS) is 33.5. The molecule has 1 heterocycles. The maximum absolute atomic E-state index is 5.91. The van der Waals surface area contributed by atoms with Gasteiger partial charge in [0.25, 0.3) is 0 Å². The lowest BCUT2D eigenvalue weighted by Crippen LogP contribution is -2.46. The number of likely N-dealkylation sites (N-methyl/N-ethyl adjacent to an activating group) is 1. The minimum Gasteiger partial charge on any atom is -0.325 e. The fraction of sp³-hybridized carbons (Fsp3) is 1.00. The van der Waals surface area contributed by atoms with Gasteiger partial charge in [-0.25, -0.2) is 0 Å². The summed E-state index contributed by atoms with van der Waals surface area (Å²) < 4.78 is 0. The Labute approximate surface area is 68.9 Å². The van der Waals surface area contributed by atoms with Crippen molar-refractivity contribution in [2.45, 2.75) is 32.0 Å². The highest BCUT2D eigenvalue weighted by Crippen LogP contribution is 2.05. The van der Waals surface area contributed by atoms with E-state index < -0.39 is 0 Å². The highest BCUT2D eigenvalue weighted by Gasteiger charge is 2.27. The second kappa shape index (κ2) is 3.52. The molecule has 1 fully saturated rings. The van der Waals surface area contributed by atoms with Gasteiger partial charge in [-0.15, -0.1) is 0 Å². The van der Waals surface area contributed by atoms with Crippen molar-refractivity contribution in [3.63, 3.8) is 0 Å². The Balaban J connectivity index is 2.34. The highest BCUT2D eigenvalue weighted by atomic mass is 15.2. The van der Waals surface area contributed by atoms with E-state index in [0.29, 0.717) is 18.1 Å². The van der Waals surface area contributed by atoms with Gasteiger partial charge >= 0.3 is 0 Å². The Hall–Kier alpha value is -0.120. The smallest absolute Gasteiger partial charge is 0.0361 e. The quantitative estimate of drug-likeness (QED) is 0.574. The molecule has 2 atom stereocenters. The fourth-order valence-electron chi connectivity index (χ4n) is 1.64. The molecule has 0 aromatic rings. The Morgan fingerprint density at radius 3 is 2.45 bits per heavy atom. The van der Waals surface area contributed by atoms with Crippen LogP contribution in [0, 0.1) is 0 Å². The summed E-state index contributed by atoms with van der Waals surface area (Å²) in [5.74, 6) is 0. The molecule has 1 saturated heterocycles. The van der Waals surface area contributed by atoms with E-state index in [0.717, 1.165) is 13.1 Å². The first-order valence-electron chi connectivity index (χ1n) is 4.29. The molecule has 0 aliphatic carbocycles. The van der Waals surface area contributed by atoms with Gasteiger partial charge in [0, 0.05) is 31.2 Å². The van der Waals surface area contributed by atoms with Crippen molar-refractivity contribution in [1.29, 1.82) is 0 Å². The lowest BCUT2D eigenvalue weighted by molar-refractivity contribution is 0.389. The minimum absolute atomic E-state index is 0.308. The van der Waals surface area contributed by atoms with Crippen LogP contribution in [-0.2, 0) is 0 Å². The summed E-state index contributed by atoms with van der Waals surface area (Å²) in [7, 11) is 2.11. The molecular weight excluding hydrogens is 138 g/mol. The molecule has 0 aromatic carbocycles. The Morgan fingerprint density at radius 1 is 1.45 bits per heavy atom. The zero-order valence-corrected chi connectivity index (χ0v) is 7.67. The molecule has 66 valence electrons. The lowest BCUT2D eigenvalue weighted by Gasteiger charge is -2.18. The monoisotopic (exact) mass is 157 g/mol. The van der Waals surface area contributed by atoms with Crippen molar-refractivity contribution in [1.82, 2.24) is 10.2 Å². The summed E-state index contributed by atoms with van der Waals surface area (Å²) in [5, 5.41) is 3.46. The number of nitrogens with zero attached hydrogens (tertiary/aromatic N) is 1. The number of likely N-dealkylation sites (tertiary alicyclic amines) is 1. The molecule has 0 radical (unpaired) electrons. The van der Waals surface area contributed by atoms with Gasteiger partial charge in [-0.2, -0.15) is 0 Å². The first-order valence-corrected chi connectivity index (χ1v) is 4.29. The summed E-state index contributed by atoms with van der Waals surface area (Å²) in [6.45, 7) is 6.42. The van der Waals surface area contributed by atoms with Crippen molar-refractivity contribution < 1.29 is 0 Å². The van der Waals surface area contributed by atoms with Gasteiger partial charge in [0.2, 0.25) is 0 Å². The number of nitrogens with two attached hydrogens (primary N) is 1. The SMILES string of the molecule is CC(C)N[C@H]1CN(C)C[C@@H]1N. The van der Waals surface area contributed by atoms with Crippen LogP contribution in [0.5, 0.6) is 0 Å². The van der Waals surface area contributed by atoms with Gasteiger partial charge in [-0.05, 0) is 7.05 Å². The highest BCUT2D eigenvalue weighted by molar-refractivity contribution is 4.91. The third kappa shape index (κ3) is 2.43. The van der Waals surface area contributed by atoms with Crippen LogP contribution in [0.2, 0.25) is 0 Å². The van der Waals surface area contributed by atoms with Crippen molar-refractivity contribution >= 4 is 0 Å². The molecule has 3 nitrogen and oxygen atoms in total. The molecule has 0 saturated carbocycles. The van der Waals surface area contributed by atoms with Gasteiger partial charge in [0.15, 0.2) is 0 Å². The number of hydrogen-bond donors (Lipinski definition) is 2. The number of hydrogen-bond acceptors (Lipinski definition) is 3. The van der Waals surface area contributed by atoms with E-state index in [9.17, 15) is 0 Å². The van der Waals surface area contributed by atoms with E-state index in [1.54, 1.807) is 0 Å². The van der Waals surface area contributed by atoms with Crippen LogP contribution in [0.25, 0.3) is 0 Å². The molecule has 0 bridgehead atoms. The average molecular weight is 157 g/mol. The second-order valence-corrected chi connectivity index (χ2v) is 3.81. The van der Waals surface area contributed by atoms with Gasteiger partial charge in [0.05, 0.1) is 0 Å². The van der Waals surface area contributed by atoms with E-state index in [4.69, 9.17) is 5.73 Å². The van der Waals surface area contributed by atoms with Crippen molar-refractivity contribution in [3.05, 3.63) is 0 Å².